The van der Waals surface area contributed by atoms with Crippen molar-refractivity contribution in [3.8, 4) is 0 Å². The zero-order chi connectivity index (χ0) is 15.6. The number of aromatic nitrogens is 2. The van der Waals surface area contributed by atoms with Crippen molar-refractivity contribution >= 4 is 12.0 Å². The Hall–Kier alpha value is -2.05. The van der Waals surface area contributed by atoms with Crippen LogP contribution >= 0.6 is 0 Å². The van der Waals surface area contributed by atoms with Gasteiger partial charge >= 0.3 is 12.0 Å². The minimum atomic E-state index is -1.10. The number of carboxylic acid groups (broad SMARTS) is 1. The van der Waals surface area contributed by atoms with E-state index < -0.39 is 11.5 Å². The third-order valence-electron chi connectivity index (χ3n) is 4.10. The Balaban J connectivity index is 2.03. The van der Waals surface area contributed by atoms with Gasteiger partial charge in [0, 0.05) is 31.9 Å². The summed E-state index contributed by atoms with van der Waals surface area (Å²) >= 11 is 0. The normalized spacial score (nSPS) is 21.6. The monoisotopic (exact) mass is 294 g/mol. The summed E-state index contributed by atoms with van der Waals surface area (Å²) in [6, 6.07) is -0.330. The summed E-state index contributed by atoms with van der Waals surface area (Å²) < 4.78 is 1.72. The van der Waals surface area contributed by atoms with Crippen LogP contribution in [0.15, 0.2) is 6.20 Å². The molecule has 21 heavy (non-hydrogen) atoms. The molecule has 1 aromatic heterocycles. The standard InChI is InChI=1S/C14H22N4O3/c1-4-11-10(9-17(3)16-11)8-15-13(21)18-7-5-6-14(18,2)12(19)20/h9H,4-8H2,1-3H3,(H,15,21)(H,19,20). The SMILES string of the molecule is CCc1nn(C)cc1CNC(=O)N1CCCC1(C)C(=O)O. The van der Waals surface area contributed by atoms with Crippen molar-refractivity contribution in [2.24, 2.45) is 7.05 Å². The number of carbonyl (C=O) groups is 2. The number of rotatable bonds is 4. The first kappa shape index (κ1) is 15.3. The highest BCUT2D eigenvalue weighted by atomic mass is 16.4. The number of carbonyl (C=O) groups excluding carboxylic acids is 1. The molecule has 1 saturated heterocycles. The number of hydrogen-bond donors (Lipinski definition) is 2. The Labute approximate surface area is 123 Å². The minimum Gasteiger partial charge on any atom is -0.480 e. The lowest BCUT2D eigenvalue weighted by Crippen LogP contribution is -2.53. The second-order valence-corrected chi connectivity index (χ2v) is 5.62. The molecule has 116 valence electrons. The Morgan fingerprint density at radius 1 is 1.52 bits per heavy atom. The van der Waals surface area contributed by atoms with E-state index in [4.69, 9.17) is 0 Å². The van der Waals surface area contributed by atoms with E-state index in [9.17, 15) is 14.7 Å². The molecule has 0 aliphatic carbocycles. The number of nitrogens with zero attached hydrogens (tertiary/aromatic N) is 3. The van der Waals surface area contributed by atoms with Crippen molar-refractivity contribution in [3.05, 3.63) is 17.5 Å². The Bertz CT molecular complexity index is 554. The van der Waals surface area contributed by atoms with Gasteiger partial charge < -0.3 is 15.3 Å². The van der Waals surface area contributed by atoms with Crippen LogP contribution in [0.25, 0.3) is 0 Å². The van der Waals surface area contributed by atoms with E-state index >= 15 is 0 Å². The van der Waals surface area contributed by atoms with Gasteiger partial charge in [-0.25, -0.2) is 9.59 Å². The molecule has 1 fully saturated rings. The van der Waals surface area contributed by atoms with Crippen LogP contribution in [-0.2, 0) is 24.8 Å². The van der Waals surface area contributed by atoms with Crippen LogP contribution in [0.4, 0.5) is 4.79 Å². The van der Waals surface area contributed by atoms with Gasteiger partial charge in [0.25, 0.3) is 0 Å². The highest BCUT2D eigenvalue weighted by Crippen LogP contribution is 2.29. The summed E-state index contributed by atoms with van der Waals surface area (Å²) in [6.45, 7) is 4.45. The van der Waals surface area contributed by atoms with Crippen LogP contribution in [0.2, 0.25) is 0 Å². The highest BCUT2D eigenvalue weighted by molar-refractivity contribution is 5.86. The zero-order valence-electron chi connectivity index (χ0n) is 12.7. The predicted octanol–water partition coefficient (Wildman–Crippen LogP) is 1.13. The van der Waals surface area contributed by atoms with Crippen molar-refractivity contribution in [1.29, 1.82) is 0 Å². The van der Waals surface area contributed by atoms with Crippen LogP contribution < -0.4 is 5.32 Å². The van der Waals surface area contributed by atoms with Gasteiger partial charge in [-0.2, -0.15) is 5.10 Å². The molecular formula is C14H22N4O3. The van der Waals surface area contributed by atoms with E-state index in [-0.39, 0.29) is 6.03 Å². The number of nitrogens with one attached hydrogen (secondary N) is 1. The maximum atomic E-state index is 12.3. The van der Waals surface area contributed by atoms with Gasteiger partial charge in [0.05, 0.1) is 5.69 Å². The Kier molecular flexibility index (Phi) is 4.20. The minimum absolute atomic E-state index is 0.330. The highest BCUT2D eigenvalue weighted by Gasteiger charge is 2.45. The summed E-state index contributed by atoms with van der Waals surface area (Å²) in [5.74, 6) is -0.953. The lowest BCUT2D eigenvalue weighted by molar-refractivity contribution is -0.147. The van der Waals surface area contributed by atoms with E-state index in [0.717, 1.165) is 17.7 Å². The predicted molar refractivity (Wildman–Crippen MR) is 76.8 cm³/mol. The molecule has 7 heteroatoms. The number of aryl methyl sites for hydroxylation is 2. The summed E-state index contributed by atoms with van der Waals surface area (Å²) in [7, 11) is 1.84. The average molecular weight is 294 g/mol. The molecule has 7 nitrogen and oxygen atoms in total. The molecule has 0 spiro atoms. The molecule has 0 bridgehead atoms. The van der Waals surface area contributed by atoms with Crippen molar-refractivity contribution in [3.63, 3.8) is 0 Å². The van der Waals surface area contributed by atoms with Crippen molar-refractivity contribution in [2.75, 3.05) is 6.54 Å². The number of carboxylic acids is 1. The molecular weight excluding hydrogens is 272 g/mol. The smallest absolute Gasteiger partial charge is 0.329 e. The summed E-state index contributed by atoms with van der Waals surface area (Å²) in [4.78, 5) is 25.1. The quantitative estimate of drug-likeness (QED) is 0.871. The second-order valence-electron chi connectivity index (χ2n) is 5.62. The first-order valence-corrected chi connectivity index (χ1v) is 7.18. The summed E-state index contributed by atoms with van der Waals surface area (Å²) in [6.07, 6.45) is 3.87. The third kappa shape index (κ3) is 2.86. The zero-order valence-corrected chi connectivity index (χ0v) is 12.7. The van der Waals surface area contributed by atoms with Gasteiger partial charge in [-0.05, 0) is 26.2 Å². The van der Waals surface area contributed by atoms with Crippen molar-refractivity contribution in [1.82, 2.24) is 20.0 Å². The molecule has 1 atom stereocenters. The lowest BCUT2D eigenvalue weighted by Gasteiger charge is -2.31. The number of hydrogen-bond acceptors (Lipinski definition) is 3. The summed E-state index contributed by atoms with van der Waals surface area (Å²) in [5.41, 5.74) is 0.803. The van der Waals surface area contributed by atoms with Crippen LogP contribution in [0.3, 0.4) is 0 Å². The fourth-order valence-corrected chi connectivity index (χ4v) is 2.81. The molecule has 0 saturated carbocycles. The molecule has 1 aliphatic heterocycles. The van der Waals surface area contributed by atoms with Gasteiger partial charge in [0.1, 0.15) is 5.54 Å². The first-order valence-electron chi connectivity index (χ1n) is 7.18. The molecule has 0 radical (unpaired) electrons. The van der Waals surface area contributed by atoms with Crippen LogP contribution in [0.1, 0.15) is 37.9 Å². The van der Waals surface area contributed by atoms with E-state index in [0.29, 0.717) is 25.9 Å². The largest absolute Gasteiger partial charge is 0.480 e. The fraction of sp³-hybridized carbons (Fsp3) is 0.643. The molecule has 2 heterocycles. The van der Waals surface area contributed by atoms with Crippen molar-refractivity contribution in [2.45, 2.75) is 45.2 Å². The van der Waals surface area contributed by atoms with Crippen LogP contribution in [0, 0.1) is 0 Å². The van der Waals surface area contributed by atoms with Crippen LogP contribution in [0.5, 0.6) is 0 Å². The average Bonchev–Trinajstić information content (AvgIpc) is 3.00. The molecule has 2 rings (SSSR count). The molecule has 2 amide bonds. The van der Waals surface area contributed by atoms with E-state index in [1.54, 1.807) is 11.6 Å². The number of amides is 2. The topological polar surface area (TPSA) is 87.5 Å². The van der Waals surface area contributed by atoms with Gasteiger partial charge in [-0.1, -0.05) is 6.92 Å². The van der Waals surface area contributed by atoms with Gasteiger partial charge in [0.15, 0.2) is 0 Å². The molecule has 2 N–H and O–H groups in total. The molecule has 1 aromatic rings. The number of likely N-dealkylation sites (tertiary alicyclic amines) is 1. The maximum absolute atomic E-state index is 12.3. The summed E-state index contributed by atoms with van der Waals surface area (Å²) in [5, 5.41) is 16.5. The number of aliphatic carboxylic acids is 1. The van der Waals surface area contributed by atoms with Crippen molar-refractivity contribution < 1.29 is 14.7 Å². The van der Waals surface area contributed by atoms with Crippen LogP contribution in [-0.4, -0.2) is 43.9 Å². The fourth-order valence-electron chi connectivity index (χ4n) is 2.81. The second kappa shape index (κ2) is 5.75. The van der Waals surface area contributed by atoms with Gasteiger partial charge in [-0.3, -0.25) is 4.68 Å². The third-order valence-corrected chi connectivity index (χ3v) is 4.10. The first-order chi connectivity index (χ1) is 9.88. The van der Waals surface area contributed by atoms with E-state index in [1.807, 2.05) is 20.2 Å². The van der Waals surface area contributed by atoms with E-state index in [1.165, 1.54) is 4.90 Å². The lowest BCUT2D eigenvalue weighted by atomic mass is 10.00. The molecule has 1 aliphatic rings. The van der Waals surface area contributed by atoms with Gasteiger partial charge in [0.2, 0.25) is 0 Å². The maximum Gasteiger partial charge on any atom is 0.329 e. The molecule has 1 unspecified atom stereocenters. The van der Waals surface area contributed by atoms with E-state index in [2.05, 4.69) is 10.4 Å². The number of urea groups is 1. The molecule has 0 aromatic carbocycles. The Morgan fingerprint density at radius 3 is 2.86 bits per heavy atom. The van der Waals surface area contributed by atoms with Gasteiger partial charge in [-0.15, -0.1) is 0 Å². The Morgan fingerprint density at radius 2 is 2.24 bits per heavy atom.